The van der Waals surface area contributed by atoms with Crippen LogP contribution in [0.2, 0.25) is 0 Å². The number of halogens is 1. The third-order valence-corrected chi connectivity index (χ3v) is 6.19. The molecular weight excluding hydrogens is 783 g/mol. The summed E-state index contributed by atoms with van der Waals surface area (Å²) in [6, 6.07) is 24.2. The van der Waals surface area contributed by atoms with Crippen molar-refractivity contribution in [3.05, 3.63) is 133 Å². The second-order valence-corrected chi connectivity index (χ2v) is 9.74. The first-order valence-electron chi connectivity index (χ1n) is 13.1. The Labute approximate surface area is 272 Å². The van der Waals surface area contributed by atoms with Crippen LogP contribution in [-0.2, 0) is 24.6 Å². The van der Waals surface area contributed by atoms with Crippen molar-refractivity contribution in [3.8, 4) is 22.9 Å². The zero-order valence-corrected chi connectivity index (χ0v) is 28.0. The maximum Gasteiger partial charge on any atom is 1.00 e. The molecule has 1 aromatic carbocycles. The van der Waals surface area contributed by atoms with Crippen LogP contribution in [0.3, 0.4) is 0 Å². The summed E-state index contributed by atoms with van der Waals surface area (Å²) in [7, 11) is 0. The molecular formula is C32H30BrN8OOs. The monoisotopic (exact) mass is 813 g/mol. The quantitative estimate of drug-likeness (QED) is 0.161. The van der Waals surface area contributed by atoms with E-state index in [-0.39, 0.29) is 31.0 Å². The molecule has 6 rings (SSSR count). The summed E-state index contributed by atoms with van der Waals surface area (Å²) in [5, 5.41) is 11.2. The van der Waals surface area contributed by atoms with Gasteiger partial charge in [-0.3, -0.25) is 4.79 Å². The standard InChI is InChI=1S/C14H12BrN2O.2C9H9N3.Os/c1-10-5-6-16-13(7-10)11-3-2-4-12(8-11)17-14(18)9-15;2*1-8-3-5-10-9(7-8)12-6-2-4-11-12;/h2,4-8H,9H2,1H3,(H,17,18);2*2-7H,1H3;/q-1;;;+1. The van der Waals surface area contributed by atoms with Crippen LogP contribution in [0.1, 0.15) is 16.7 Å². The molecule has 5 aromatic heterocycles. The van der Waals surface area contributed by atoms with E-state index in [1.165, 1.54) is 11.1 Å². The van der Waals surface area contributed by atoms with Crippen molar-refractivity contribution < 1.29 is 24.6 Å². The largest absolute Gasteiger partial charge is 1.00 e. The van der Waals surface area contributed by atoms with Gasteiger partial charge in [0.25, 0.3) is 0 Å². The average Bonchev–Trinajstić information content (AvgIpc) is 3.74. The number of anilines is 1. The van der Waals surface area contributed by atoms with Gasteiger partial charge in [-0.1, -0.05) is 27.6 Å². The van der Waals surface area contributed by atoms with Gasteiger partial charge in [-0.15, -0.1) is 29.8 Å². The van der Waals surface area contributed by atoms with Gasteiger partial charge < -0.3 is 10.3 Å². The molecule has 0 saturated heterocycles. The number of nitrogens with one attached hydrogen (secondary N) is 1. The molecule has 0 aliphatic rings. The number of hydrogen-bond donors (Lipinski definition) is 1. The van der Waals surface area contributed by atoms with E-state index >= 15 is 0 Å². The number of hydrogen-bond acceptors (Lipinski definition) is 6. The Morgan fingerprint density at radius 1 is 0.767 bits per heavy atom. The molecule has 0 aliphatic heterocycles. The minimum Gasteiger partial charge on any atom is -0.343 e. The molecule has 11 heteroatoms. The van der Waals surface area contributed by atoms with Crippen molar-refractivity contribution in [2.45, 2.75) is 20.8 Å². The van der Waals surface area contributed by atoms with Crippen molar-refractivity contribution in [2.75, 3.05) is 10.6 Å². The number of carbonyl (C=O) groups excluding carboxylic acids is 1. The first kappa shape index (κ1) is 33.2. The normalized spacial score (nSPS) is 9.86. The topological polar surface area (TPSA) is 103 Å². The third kappa shape index (κ3) is 10.5. The van der Waals surface area contributed by atoms with Crippen molar-refractivity contribution >= 4 is 27.5 Å². The van der Waals surface area contributed by atoms with Gasteiger partial charge in [-0.2, -0.15) is 10.2 Å². The van der Waals surface area contributed by atoms with E-state index in [0.717, 1.165) is 34.1 Å². The Bertz CT molecular complexity index is 1630. The zero-order chi connectivity index (χ0) is 29.7. The molecule has 6 aromatic rings. The third-order valence-electron chi connectivity index (χ3n) is 5.68. The summed E-state index contributed by atoms with van der Waals surface area (Å²) < 4.78 is 3.49. The smallest absolute Gasteiger partial charge is 0.343 e. The van der Waals surface area contributed by atoms with Crippen LogP contribution in [0.4, 0.5) is 5.69 Å². The van der Waals surface area contributed by atoms with E-state index in [1.807, 2.05) is 87.8 Å². The van der Waals surface area contributed by atoms with Crippen LogP contribution < -0.4 is 5.32 Å². The number of carbonyl (C=O) groups is 1. The van der Waals surface area contributed by atoms with Crippen molar-refractivity contribution in [1.29, 1.82) is 0 Å². The minimum atomic E-state index is -0.0793. The van der Waals surface area contributed by atoms with Gasteiger partial charge in [0.05, 0.1) is 5.33 Å². The molecule has 0 saturated carbocycles. The van der Waals surface area contributed by atoms with Crippen LogP contribution in [0, 0.1) is 26.8 Å². The average molecular weight is 813 g/mol. The van der Waals surface area contributed by atoms with Crippen LogP contribution in [-0.4, -0.2) is 45.8 Å². The molecule has 1 amide bonds. The van der Waals surface area contributed by atoms with Crippen LogP contribution in [0.15, 0.2) is 110 Å². The summed E-state index contributed by atoms with van der Waals surface area (Å²) in [5.41, 5.74) is 5.99. The number of amides is 1. The fourth-order valence-corrected chi connectivity index (χ4v) is 3.81. The van der Waals surface area contributed by atoms with Crippen molar-refractivity contribution in [2.24, 2.45) is 0 Å². The summed E-state index contributed by atoms with van der Waals surface area (Å²) >= 11 is 3.11. The number of benzene rings is 1. The Balaban J connectivity index is 0.000000180. The Kier molecular flexibility index (Phi) is 13.1. The fraction of sp³-hybridized carbons (Fsp3) is 0.125. The van der Waals surface area contributed by atoms with Gasteiger partial charge in [0, 0.05) is 43.4 Å². The number of rotatable bonds is 5. The Morgan fingerprint density at radius 3 is 1.77 bits per heavy atom. The van der Waals surface area contributed by atoms with Gasteiger partial charge >= 0.3 is 19.8 Å². The molecule has 0 atom stereocenters. The molecule has 1 N–H and O–H groups in total. The molecule has 5 heterocycles. The van der Waals surface area contributed by atoms with E-state index in [0.29, 0.717) is 0 Å². The molecule has 0 unspecified atom stereocenters. The first-order chi connectivity index (χ1) is 20.4. The van der Waals surface area contributed by atoms with Gasteiger partial charge in [-0.25, -0.2) is 19.3 Å². The van der Waals surface area contributed by atoms with Crippen molar-refractivity contribution in [1.82, 2.24) is 34.5 Å². The molecule has 43 heavy (non-hydrogen) atoms. The molecule has 0 spiro atoms. The Morgan fingerprint density at radius 2 is 1.30 bits per heavy atom. The summed E-state index contributed by atoms with van der Waals surface area (Å²) in [5.74, 6) is 1.64. The number of alkyl halides is 1. The van der Waals surface area contributed by atoms with E-state index in [4.69, 9.17) is 0 Å². The molecule has 1 radical (unpaired) electrons. The van der Waals surface area contributed by atoms with Gasteiger partial charge in [-0.05, 0) is 85.7 Å². The van der Waals surface area contributed by atoms with Crippen LogP contribution in [0.25, 0.3) is 22.9 Å². The van der Waals surface area contributed by atoms with Crippen LogP contribution in [0.5, 0.6) is 0 Å². The molecule has 9 nitrogen and oxygen atoms in total. The van der Waals surface area contributed by atoms with Crippen molar-refractivity contribution in [3.63, 3.8) is 0 Å². The van der Waals surface area contributed by atoms with E-state index in [2.05, 4.69) is 52.5 Å². The maximum absolute atomic E-state index is 11.3. The number of pyridine rings is 3. The van der Waals surface area contributed by atoms with Gasteiger partial charge in [0.2, 0.25) is 5.91 Å². The first-order valence-corrected chi connectivity index (χ1v) is 14.2. The molecule has 0 fully saturated rings. The zero-order valence-electron chi connectivity index (χ0n) is 23.9. The van der Waals surface area contributed by atoms with E-state index in [1.54, 1.807) is 52.5 Å². The molecule has 0 bridgehead atoms. The maximum atomic E-state index is 11.3. The molecule has 219 valence electrons. The summed E-state index contributed by atoms with van der Waals surface area (Å²) in [6.45, 7) is 6.09. The predicted octanol–water partition coefficient (Wildman–Crippen LogP) is 6.34. The molecule has 0 aliphatic carbocycles. The summed E-state index contributed by atoms with van der Waals surface area (Å²) in [4.78, 5) is 24.0. The number of aromatic nitrogens is 7. The second kappa shape index (κ2) is 17.0. The van der Waals surface area contributed by atoms with E-state index in [9.17, 15) is 4.79 Å². The van der Waals surface area contributed by atoms with E-state index < -0.39 is 0 Å². The van der Waals surface area contributed by atoms with Crippen LogP contribution >= 0.6 is 15.9 Å². The fourth-order valence-electron chi connectivity index (χ4n) is 3.67. The van der Waals surface area contributed by atoms with Gasteiger partial charge in [0.15, 0.2) is 11.6 Å². The summed E-state index contributed by atoms with van der Waals surface area (Å²) in [6.07, 6.45) is 12.6. The number of nitrogens with zero attached hydrogens (tertiary/aromatic N) is 7. The second-order valence-electron chi connectivity index (χ2n) is 9.18. The minimum absolute atomic E-state index is 0. The predicted molar refractivity (Wildman–Crippen MR) is 168 cm³/mol. The number of aryl methyl sites for hydroxylation is 3. The SMILES string of the molecule is Cc1ccnc(-c2[c-]ccc(NC(=O)CBr)c2)c1.Cc1ccnc(-n2cccn2)c1.Cc1ccnc(-n2cccn2)c1.[Os+]. The van der Waals surface area contributed by atoms with Gasteiger partial charge in [0.1, 0.15) is 0 Å². The Hall–Kier alpha value is -4.32.